The molecule has 0 unspecified atom stereocenters. The Morgan fingerprint density at radius 2 is 2.10 bits per heavy atom. The van der Waals surface area contributed by atoms with Crippen molar-refractivity contribution in [3.8, 4) is 5.75 Å². The number of methoxy groups -OCH3 is 1. The van der Waals surface area contributed by atoms with Crippen molar-refractivity contribution in [3.05, 3.63) is 70.0 Å². The van der Waals surface area contributed by atoms with Gasteiger partial charge >= 0.3 is 0 Å². The zero-order chi connectivity index (χ0) is 21.5. The van der Waals surface area contributed by atoms with Crippen molar-refractivity contribution >= 4 is 44.9 Å². The number of carbonyl (C=O) groups excluding carboxylic acids is 1. The number of fused-ring (bicyclic) bond motifs is 1. The van der Waals surface area contributed by atoms with Crippen molar-refractivity contribution in [1.29, 1.82) is 0 Å². The molecule has 156 valence electrons. The highest BCUT2D eigenvalue weighted by molar-refractivity contribution is 7.99. The molecule has 0 aliphatic carbocycles. The molecular formula is C21H21N3O4S2. The van der Waals surface area contributed by atoms with Gasteiger partial charge in [-0.25, -0.2) is 0 Å². The molecule has 3 rings (SSSR count). The van der Waals surface area contributed by atoms with Gasteiger partial charge in [-0.05, 0) is 42.5 Å². The third kappa shape index (κ3) is 5.37. The molecule has 30 heavy (non-hydrogen) atoms. The van der Waals surface area contributed by atoms with E-state index in [1.165, 1.54) is 23.5 Å². The van der Waals surface area contributed by atoms with Gasteiger partial charge in [-0.3, -0.25) is 14.9 Å². The van der Waals surface area contributed by atoms with E-state index in [4.69, 9.17) is 4.74 Å². The van der Waals surface area contributed by atoms with Gasteiger partial charge in [-0.1, -0.05) is 17.4 Å². The SMILES string of the molecule is C=CCn1c(=NC(=O)CCCSc2ccc(OC)cc2)sc2ccc([N+](=O)[O-])cc21. The monoisotopic (exact) mass is 443 g/mol. The lowest BCUT2D eigenvalue weighted by molar-refractivity contribution is -0.384. The van der Waals surface area contributed by atoms with Crippen LogP contribution in [0.25, 0.3) is 10.2 Å². The number of rotatable bonds is 9. The average molecular weight is 444 g/mol. The van der Waals surface area contributed by atoms with Gasteiger partial charge in [0.05, 0.1) is 22.2 Å². The van der Waals surface area contributed by atoms with Crippen LogP contribution in [0, 0.1) is 10.1 Å². The Bertz CT molecular complexity index is 1130. The summed E-state index contributed by atoms with van der Waals surface area (Å²) < 4.78 is 7.76. The Balaban J connectivity index is 1.68. The zero-order valence-electron chi connectivity index (χ0n) is 16.4. The Morgan fingerprint density at radius 1 is 1.33 bits per heavy atom. The number of hydrogen-bond acceptors (Lipinski definition) is 6. The molecule has 1 heterocycles. The normalized spacial score (nSPS) is 11.6. The van der Waals surface area contributed by atoms with Gasteiger partial charge in [0, 0.05) is 30.0 Å². The van der Waals surface area contributed by atoms with Crippen LogP contribution in [-0.4, -0.2) is 28.3 Å². The van der Waals surface area contributed by atoms with Crippen molar-refractivity contribution in [3.63, 3.8) is 0 Å². The largest absolute Gasteiger partial charge is 0.497 e. The number of aromatic nitrogens is 1. The fourth-order valence-corrected chi connectivity index (χ4v) is 4.70. The van der Waals surface area contributed by atoms with Crippen molar-refractivity contribution in [2.45, 2.75) is 24.3 Å². The summed E-state index contributed by atoms with van der Waals surface area (Å²) in [7, 11) is 1.63. The standard InChI is InChI=1S/C21H21N3O4S2/c1-3-12-23-18-14-15(24(26)27)6-11-19(18)30-21(23)22-20(25)5-4-13-29-17-9-7-16(28-2)8-10-17/h3,6-11,14H,1,4-5,12-13H2,2H3. The number of allylic oxidation sites excluding steroid dienone is 1. The highest BCUT2D eigenvalue weighted by Crippen LogP contribution is 2.24. The van der Waals surface area contributed by atoms with E-state index in [1.54, 1.807) is 35.6 Å². The predicted octanol–water partition coefficient (Wildman–Crippen LogP) is 4.81. The second-order valence-corrected chi connectivity index (χ2v) is 8.50. The van der Waals surface area contributed by atoms with E-state index >= 15 is 0 Å². The molecule has 0 radical (unpaired) electrons. The van der Waals surface area contributed by atoms with Gasteiger partial charge in [0.25, 0.3) is 5.69 Å². The topological polar surface area (TPSA) is 86.7 Å². The van der Waals surface area contributed by atoms with Crippen LogP contribution in [0.5, 0.6) is 5.75 Å². The molecule has 0 aliphatic heterocycles. The van der Waals surface area contributed by atoms with Crippen molar-refractivity contribution in [2.75, 3.05) is 12.9 Å². The number of nitro groups is 1. The number of non-ortho nitro benzene ring substituents is 1. The quantitative estimate of drug-likeness (QED) is 0.156. The number of carbonyl (C=O) groups is 1. The summed E-state index contributed by atoms with van der Waals surface area (Å²) in [6.07, 6.45) is 2.72. The van der Waals surface area contributed by atoms with Crippen LogP contribution >= 0.6 is 23.1 Å². The maximum atomic E-state index is 12.4. The number of ether oxygens (including phenoxy) is 1. The Morgan fingerprint density at radius 3 is 2.77 bits per heavy atom. The first-order valence-electron chi connectivity index (χ1n) is 9.25. The molecule has 7 nitrogen and oxygen atoms in total. The lowest BCUT2D eigenvalue weighted by atomic mass is 10.3. The van der Waals surface area contributed by atoms with E-state index in [2.05, 4.69) is 11.6 Å². The first-order valence-corrected chi connectivity index (χ1v) is 11.0. The van der Waals surface area contributed by atoms with Gasteiger partial charge in [-0.15, -0.1) is 18.3 Å². The molecular weight excluding hydrogens is 422 g/mol. The summed E-state index contributed by atoms with van der Waals surface area (Å²) in [5.41, 5.74) is 0.683. The lowest BCUT2D eigenvalue weighted by Gasteiger charge is -2.03. The highest BCUT2D eigenvalue weighted by Gasteiger charge is 2.12. The van der Waals surface area contributed by atoms with Crippen LogP contribution in [0.1, 0.15) is 12.8 Å². The van der Waals surface area contributed by atoms with Crippen LogP contribution in [0.4, 0.5) is 5.69 Å². The number of nitro benzene ring substituents is 1. The van der Waals surface area contributed by atoms with E-state index in [0.29, 0.717) is 29.7 Å². The predicted molar refractivity (Wildman–Crippen MR) is 120 cm³/mol. The van der Waals surface area contributed by atoms with Crippen LogP contribution in [-0.2, 0) is 11.3 Å². The Kier molecular flexibility index (Phi) is 7.42. The molecule has 0 N–H and O–H groups in total. The number of amides is 1. The summed E-state index contributed by atoms with van der Waals surface area (Å²) in [6.45, 7) is 4.15. The molecule has 0 saturated carbocycles. The fraction of sp³-hybridized carbons (Fsp3) is 0.238. The molecule has 9 heteroatoms. The summed E-state index contributed by atoms with van der Waals surface area (Å²) in [6, 6.07) is 12.4. The van der Waals surface area contributed by atoms with Crippen molar-refractivity contribution < 1.29 is 14.5 Å². The number of thiazole rings is 1. The summed E-state index contributed by atoms with van der Waals surface area (Å²) in [4.78, 5) is 28.9. The first-order chi connectivity index (χ1) is 14.5. The molecule has 0 bridgehead atoms. The molecule has 0 saturated heterocycles. The molecule has 0 atom stereocenters. The van der Waals surface area contributed by atoms with E-state index < -0.39 is 4.92 Å². The fourth-order valence-electron chi connectivity index (χ4n) is 2.81. The summed E-state index contributed by atoms with van der Waals surface area (Å²) in [5.74, 6) is 1.41. The van der Waals surface area contributed by atoms with Gasteiger partial charge in [0.15, 0.2) is 4.80 Å². The Hall–Kier alpha value is -2.91. The second-order valence-electron chi connectivity index (χ2n) is 6.33. The van der Waals surface area contributed by atoms with E-state index in [-0.39, 0.29) is 11.6 Å². The summed E-state index contributed by atoms with van der Waals surface area (Å²) in [5, 5.41) is 11.1. The minimum atomic E-state index is -0.433. The van der Waals surface area contributed by atoms with Crippen LogP contribution in [0.2, 0.25) is 0 Å². The van der Waals surface area contributed by atoms with Gasteiger partial charge in [-0.2, -0.15) is 4.99 Å². The lowest BCUT2D eigenvalue weighted by Crippen LogP contribution is -2.16. The number of nitrogens with zero attached hydrogens (tertiary/aromatic N) is 3. The summed E-state index contributed by atoms with van der Waals surface area (Å²) >= 11 is 3.02. The smallest absolute Gasteiger partial charge is 0.271 e. The third-order valence-corrected chi connectivity index (χ3v) is 6.43. The number of benzene rings is 2. The maximum Gasteiger partial charge on any atom is 0.271 e. The van der Waals surface area contributed by atoms with Crippen molar-refractivity contribution in [2.24, 2.45) is 4.99 Å². The first kappa shape index (κ1) is 21.8. The molecule has 1 aromatic heterocycles. The maximum absolute atomic E-state index is 12.4. The molecule has 0 fully saturated rings. The van der Waals surface area contributed by atoms with E-state index in [0.717, 1.165) is 21.1 Å². The van der Waals surface area contributed by atoms with E-state index in [1.807, 2.05) is 24.3 Å². The average Bonchev–Trinajstić information content (AvgIpc) is 3.08. The van der Waals surface area contributed by atoms with E-state index in [9.17, 15) is 14.9 Å². The minimum absolute atomic E-state index is 0.00606. The van der Waals surface area contributed by atoms with Crippen LogP contribution in [0.3, 0.4) is 0 Å². The van der Waals surface area contributed by atoms with Crippen LogP contribution in [0.15, 0.2) is 65.0 Å². The zero-order valence-corrected chi connectivity index (χ0v) is 18.1. The van der Waals surface area contributed by atoms with Crippen LogP contribution < -0.4 is 9.54 Å². The number of hydrogen-bond donors (Lipinski definition) is 0. The highest BCUT2D eigenvalue weighted by atomic mass is 32.2. The minimum Gasteiger partial charge on any atom is -0.497 e. The Labute approximate surface area is 181 Å². The molecule has 2 aromatic carbocycles. The van der Waals surface area contributed by atoms with Gasteiger partial charge < -0.3 is 9.30 Å². The second kappa shape index (κ2) is 10.2. The molecule has 1 amide bonds. The molecule has 0 aliphatic rings. The number of thioether (sulfide) groups is 1. The third-order valence-electron chi connectivity index (χ3n) is 4.27. The van der Waals surface area contributed by atoms with Crippen molar-refractivity contribution in [1.82, 2.24) is 4.57 Å². The van der Waals surface area contributed by atoms with Gasteiger partial charge in [0.1, 0.15) is 5.75 Å². The molecule has 3 aromatic rings. The van der Waals surface area contributed by atoms with Gasteiger partial charge in [0.2, 0.25) is 5.91 Å². The molecule has 0 spiro atoms.